The molecule has 0 saturated heterocycles. The predicted octanol–water partition coefficient (Wildman–Crippen LogP) is 4.30. The molecule has 140 valence electrons. The number of hydrogen-bond acceptors (Lipinski definition) is 4. The summed E-state index contributed by atoms with van der Waals surface area (Å²) in [6.45, 7) is 5.32. The molecule has 3 fully saturated rings. The molecule has 4 aliphatic carbocycles. The van der Waals surface area contributed by atoms with Gasteiger partial charge in [-0.2, -0.15) is 0 Å². The van der Waals surface area contributed by atoms with Crippen LogP contribution in [0.25, 0.3) is 0 Å². The Labute approximate surface area is 159 Å². The van der Waals surface area contributed by atoms with E-state index in [1.807, 2.05) is 6.92 Å². The molecule has 3 nitrogen and oxygen atoms in total. The van der Waals surface area contributed by atoms with E-state index in [9.17, 15) is 9.59 Å². The van der Waals surface area contributed by atoms with Crippen molar-refractivity contribution in [2.45, 2.75) is 64.6 Å². The van der Waals surface area contributed by atoms with Crippen molar-refractivity contribution in [3.05, 3.63) is 23.8 Å². The van der Waals surface area contributed by atoms with E-state index in [1.54, 1.807) is 12.2 Å². The zero-order chi connectivity index (χ0) is 18.9. The van der Waals surface area contributed by atoms with Crippen LogP contribution >= 0.6 is 12.2 Å². The number of ether oxygens (including phenoxy) is 1. The van der Waals surface area contributed by atoms with Gasteiger partial charge in [-0.05, 0) is 62.0 Å². The minimum absolute atomic E-state index is 0.0914. The van der Waals surface area contributed by atoms with Crippen LogP contribution in [0.4, 0.5) is 4.39 Å². The van der Waals surface area contributed by atoms with E-state index in [1.165, 1.54) is 13.0 Å². The summed E-state index contributed by atoms with van der Waals surface area (Å²) in [5, 5.41) is 0. The van der Waals surface area contributed by atoms with Crippen LogP contribution in [-0.2, 0) is 14.3 Å². The van der Waals surface area contributed by atoms with Crippen LogP contribution in [0, 0.1) is 22.7 Å². The van der Waals surface area contributed by atoms with Crippen molar-refractivity contribution < 1.29 is 18.7 Å². The third-order valence-electron chi connectivity index (χ3n) is 7.63. The lowest BCUT2D eigenvalue weighted by atomic mass is 9.46. The summed E-state index contributed by atoms with van der Waals surface area (Å²) in [6.07, 6.45) is 7.43. The van der Waals surface area contributed by atoms with Gasteiger partial charge in [0.15, 0.2) is 11.5 Å². The highest BCUT2D eigenvalue weighted by atomic mass is 32.1. The average molecular weight is 376 g/mol. The first kappa shape index (κ1) is 18.0. The average Bonchev–Trinajstić information content (AvgIpc) is 2.84. The van der Waals surface area contributed by atoms with E-state index >= 15 is 4.39 Å². The van der Waals surface area contributed by atoms with Gasteiger partial charge in [0.05, 0.1) is 0 Å². The molecule has 0 aromatic carbocycles. The molecule has 0 amide bonds. The Morgan fingerprint density at radius 3 is 2.65 bits per heavy atom. The molecule has 1 unspecified atom stereocenters. The maximum absolute atomic E-state index is 17.1. The van der Waals surface area contributed by atoms with Crippen LogP contribution in [0.1, 0.15) is 52.9 Å². The minimum atomic E-state index is -1.72. The number of carbonyl (C=O) groups excluding carboxylic acids is 2. The lowest BCUT2D eigenvalue weighted by molar-refractivity contribution is -0.202. The fourth-order valence-electron chi connectivity index (χ4n) is 6.27. The van der Waals surface area contributed by atoms with Crippen LogP contribution in [-0.4, -0.2) is 28.4 Å². The van der Waals surface area contributed by atoms with Gasteiger partial charge in [0, 0.05) is 23.7 Å². The van der Waals surface area contributed by atoms with E-state index in [2.05, 4.69) is 6.92 Å². The lowest BCUT2D eigenvalue weighted by Gasteiger charge is -2.61. The van der Waals surface area contributed by atoms with Gasteiger partial charge in [0.2, 0.25) is 0 Å². The Bertz CT molecular complexity index is 771. The van der Waals surface area contributed by atoms with Gasteiger partial charge in [-0.15, -0.1) is 0 Å². The van der Waals surface area contributed by atoms with Crippen LogP contribution in [0.2, 0.25) is 0 Å². The molecule has 0 aromatic rings. The smallest absolute Gasteiger partial charge is 0.303 e. The molecule has 0 spiro atoms. The third kappa shape index (κ3) is 2.12. The number of ketones is 1. The second kappa shape index (κ2) is 5.57. The molecule has 0 N–H and O–H groups in total. The molecule has 4 aliphatic rings. The summed E-state index contributed by atoms with van der Waals surface area (Å²) in [6, 6.07) is 0. The molecule has 4 rings (SSSR count). The van der Waals surface area contributed by atoms with Crippen molar-refractivity contribution in [3.8, 4) is 0 Å². The summed E-state index contributed by atoms with van der Waals surface area (Å²) in [5.41, 5.74) is -2.08. The van der Waals surface area contributed by atoms with Gasteiger partial charge in [-0.25, -0.2) is 4.39 Å². The number of halogens is 1. The third-order valence-corrected chi connectivity index (χ3v) is 8.30. The molecule has 6 atom stereocenters. The maximum atomic E-state index is 17.1. The summed E-state index contributed by atoms with van der Waals surface area (Å²) in [7, 11) is 0. The second-order valence-electron chi connectivity index (χ2n) is 8.81. The zero-order valence-electron chi connectivity index (χ0n) is 15.5. The van der Waals surface area contributed by atoms with Gasteiger partial charge < -0.3 is 4.74 Å². The van der Waals surface area contributed by atoms with Crippen molar-refractivity contribution in [1.29, 1.82) is 0 Å². The normalized spacial score (nSPS) is 46.9. The number of esters is 1. The molecule has 0 radical (unpaired) electrons. The van der Waals surface area contributed by atoms with Crippen LogP contribution in [0.15, 0.2) is 23.8 Å². The number of allylic oxidation sites excluding steroid dienone is 4. The number of carbonyl (C=O) groups is 2. The highest BCUT2D eigenvalue weighted by Crippen LogP contribution is 2.67. The lowest BCUT2D eigenvalue weighted by Crippen LogP contribution is -2.67. The SMILES string of the molecule is CC(=O)OC1C[C@]2(C)C(=S)CC[C@H]2[C@@H]2CCC3=CC(=O)C=C[C@]3(C)[C@@]12F. The van der Waals surface area contributed by atoms with Crippen molar-refractivity contribution in [2.24, 2.45) is 22.7 Å². The van der Waals surface area contributed by atoms with Crippen LogP contribution in [0.5, 0.6) is 0 Å². The molecule has 0 heterocycles. The molecular weight excluding hydrogens is 351 g/mol. The molecule has 0 aromatic heterocycles. The maximum Gasteiger partial charge on any atom is 0.303 e. The summed E-state index contributed by atoms with van der Waals surface area (Å²) >= 11 is 5.65. The molecule has 3 saturated carbocycles. The largest absolute Gasteiger partial charge is 0.459 e. The Morgan fingerprint density at radius 2 is 1.96 bits per heavy atom. The zero-order valence-corrected chi connectivity index (χ0v) is 16.3. The summed E-state index contributed by atoms with van der Waals surface area (Å²) in [4.78, 5) is 24.7. The number of thiocarbonyl (C=S) groups is 1. The van der Waals surface area contributed by atoms with E-state index in [-0.39, 0.29) is 23.0 Å². The first-order valence-electron chi connectivity index (χ1n) is 9.46. The van der Waals surface area contributed by atoms with Gasteiger partial charge in [-0.1, -0.05) is 30.8 Å². The Hall–Kier alpha value is -1.36. The number of rotatable bonds is 1. The molecule has 0 bridgehead atoms. The summed E-state index contributed by atoms with van der Waals surface area (Å²) in [5.74, 6) is -0.624. The van der Waals surface area contributed by atoms with Crippen molar-refractivity contribution in [2.75, 3.05) is 0 Å². The van der Waals surface area contributed by atoms with Gasteiger partial charge in [-0.3, -0.25) is 9.59 Å². The molecule has 26 heavy (non-hydrogen) atoms. The van der Waals surface area contributed by atoms with Crippen molar-refractivity contribution >= 4 is 28.8 Å². The molecule has 0 aliphatic heterocycles. The fourth-order valence-corrected chi connectivity index (χ4v) is 6.63. The van der Waals surface area contributed by atoms with Crippen molar-refractivity contribution in [3.63, 3.8) is 0 Å². The molecule has 5 heteroatoms. The van der Waals surface area contributed by atoms with Crippen LogP contribution in [0.3, 0.4) is 0 Å². The standard InChI is InChI=1S/C21H25FO3S/c1-12(23)25-17-11-19(2)15(6-7-18(19)26)16-5-4-13-10-14(24)8-9-20(13,3)21(16,17)22/h8-10,15-17H,4-7,11H2,1-3H3/t15-,16-,17?,19-,20-,21-/m0/s1. The van der Waals surface area contributed by atoms with E-state index in [0.29, 0.717) is 19.3 Å². The van der Waals surface area contributed by atoms with Crippen LogP contribution < -0.4 is 0 Å². The van der Waals surface area contributed by atoms with E-state index < -0.39 is 23.2 Å². The van der Waals surface area contributed by atoms with Crippen molar-refractivity contribution in [1.82, 2.24) is 0 Å². The van der Waals surface area contributed by atoms with Gasteiger partial charge in [0.25, 0.3) is 0 Å². The van der Waals surface area contributed by atoms with Gasteiger partial charge >= 0.3 is 5.97 Å². The first-order chi connectivity index (χ1) is 12.1. The monoisotopic (exact) mass is 376 g/mol. The number of hydrogen-bond donors (Lipinski definition) is 0. The predicted molar refractivity (Wildman–Crippen MR) is 101 cm³/mol. The second-order valence-corrected chi connectivity index (χ2v) is 9.30. The minimum Gasteiger partial charge on any atom is -0.459 e. The van der Waals surface area contributed by atoms with E-state index in [4.69, 9.17) is 17.0 Å². The quantitative estimate of drug-likeness (QED) is 0.506. The Morgan fingerprint density at radius 1 is 1.27 bits per heavy atom. The highest BCUT2D eigenvalue weighted by Gasteiger charge is 2.71. The molecular formula is C21H25FO3S. The number of alkyl halides is 1. The first-order valence-corrected chi connectivity index (χ1v) is 9.87. The Balaban J connectivity index is 1.87. The summed E-state index contributed by atoms with van der Waals surface area (Å²) < 4.78 is 22.7. The van der Waals surface area contributed by atoms with E-state index in [0.717, 1.165) is 23.3 Å². The topological polar surface area (TPSA) is 43.4 Å². The fraction of sp³-hybridized carbons (Fsp3) is 0.667. The van der Waals surface area contributed by atoms with Gasteiger partial charge in [0.1, 0.15) is 6.10 Å². The Kier molecular flexibility index (Phi) is 3.86. The highest BCUT2D eigenvalue weighted by molar-refractivity contribution is 7.80. The number of fused-ring (bicyclic) bond motifs is 5.